The Hall–Kier alpha value is -2.93. The van der Waals surface area contributed by atoms with Gasteiger partial charge in [-0.15, -0.1) is 0 Å². The summed E-state index contributed by atoms with van der Waals surface area (Å²) in [7, 11) is -16.5. The van der Waals surface area contributed by atoms with Crippen molar-refractivity contribution in [2.45, 2.75) is 115 Å². The van der Waals surface area contributed by atoms with E-state index in [4.69, 9.17) is 29.0 Å². The molecule has 2 aliphatic rings. The van der Waals surface area contributed by atoms with Crippen molar-refractivity contribution in [1.29, 1.82) is 0 Å². The van der Waals surface area contributed by atoms with Gasteiger partial charge < -0.3 is 70.6 Å². The number of carbonyl (C=O) groups is 4. The standard InChI is InChI=1S/C34H56N7O22P3S/c1-18-20(43)13-21(44)33(60-18)57-10-5-4-6-19(42)12-24(46)67-11-9-36-23(45)7-8-37-31(49)28(48)34(2,3)15-59-66(55,56)63-65(53,54)58-14-22-27(62-64(50,51)52)26(47)32(61-22)41-17-40-25-29(35)38-16-39-30(25)41/h16-18,20-22,26-28,32-33,43-44,47-48H,4-15H2,1-3H3,(H,36,45)(H,37,49)(H,53,54)(H,55,56)(H2,35,38,39)(H2,50,51,52)/t18-,20+,21+,22+,26+,27+,28-,32+,33+/m0/s1. The zero-order valence-corrected chi connectivity index (χ0v) is 39.7. The van der Waals surface area contributed by atoms with Gasteiger partial charge in [-0.25, -0.2) is 28.6 Å². The topological polar surface area (TPSA) is 440 Å². The minimum atomic E-state index is -5.61. The Morgan fingerprint density at radius 3 is 2.37 bits per heavy atom. The Morgan fingerprint density at radius 2 is 1.67 bits per heavy atom. The van der Waals surface area contributed by atoms with Crippen molar-refractivity contribution in [3.05, 3.63) is 12.7 Å². The number of ether oxygens (including phenoxy) is 3. The number of aliphatic hydroxyl groups excluding tert-OH is 4. The maximum Gasteiger partial charge on any atom is 0.481 e. The van der Waals surface area contributed by atoms with Crippen LogP contribution in [-0.4, -0.2) is 170 Å². The highest BCUT2D eigenvalue weighted by atomic mass is 32.2. The van der Waals surface area contributed by atoms with Crippen molar-refractivity contribution in [3.8, 4) is 0 Å². The molecule has 2 aromatic heterocycles. The van der Waals surface area contributed by atoms with Gasteiger partial charge in [0.2, 0.25) is 11.8 Å². The number of fused-ring (bicyclic) bond motifs is 1. The van der Waals surface area contributed by atoms with E-state index in [2.05, 4.69) is 34.4 Å². The summed E-state index contributed by atoms with van der Waals surface area (Å²) in [4.78, 5) is 100. The zero-order chi connectivity index (χ0) is 49.9. The molecule has 2 unspecified atom stereocenters. The maximum absolute atomic E-state index is 12.7. The smallest absolute Gasteiger partial charge is 0.390 e. The Morgan fingerprint density at radius 1 is 0.970 bits per heavy atom. The molecule has 67 heavy (non-hydrogen) atoms. The molecule has 11 atom stereocenters. The second-order valence-electron chi connectivity index (χ2n) is 15.9. The van der Waals surface area contributed by atoms with Crippen LogP contribution in [0.15, 0.2) is 12.7 Å². The summed E-state index contributed by atoms with van der Waals surface area (Å²) in [6.45, 7) is 2.03. The number of phosphoric ester groups is 3. The number of amides is 2. The van der Waals surface area contributed by atoms with Gasteiger partial charge in [0.05, 0.1) is 38.2 Å². The molecular formula is C34H56N7O22P3S. The van der Waals surface area contributed by atoms with Crippen LogP contribution in [0.4, 0.5) is 5.82 Å². The number of thioether (sulfide) groups is 1. The van der Waals surface area contributed by atoms with E-state index in [0.29, 0.717) is 12.8 Å². The summed E-state index contributed by atoms with van der Waals surface area (Å²) in [6, 6.07) is 0. The summed E-state index contributed by atoms with van der Waals surface area (Å²) >= 11 is 0.851. The number of ketones is 1. The van der Waals surface area contributed by atoms with Gasteiger partial charge in [-0.1, -0.05) is 25.6 Å². The number of hydrogen-bond acceptors (Lipinski definition) is 23. The number of unbranched alkanes of at least 4 members (excludes halogenated alkanes) is 1. The summed E-state index contributed by atoms with van der Waals surface area (Å²) in [5.74, 6) is -1.73. The van der Waals surface area contributed by atoms with Gasteiger partial charge in [-0.2, -0.15) is 4.31 Å². The van der Waals surface area contributed by atoms with Crippen LogP contribution in [0.2, 0.25) is 0 Å². The van der Waals surface area contributed by atoms with Crippen LogP contribution in [0.3, 0.4) is 0 Å². The Kier molecular flexibility index (Phi) is 20.9. The lowest BCUT2D eigenvalue weighted by Crippen LogP contribution is -2.47. The molecule has 0 aromatic carbocycles. The third kappa shape index (κ3) is 17.8. The van der Waals surface area contributed by atoms with Crippen molar-refractivity contribution in [1.82, 2.24) is 30.2 Å². The summed E-state index contributed by atoms with van der Waals surface area (Å²) in [5.41, 5.74) is 4.19. The number of hydrogen-bond donors (Lipinski definition) is 11. The summed E-state index contributed by atoms with van der Waals surface area (Å²) in [6.07, 6.45) is -9.38. The van der Waals surface area contributed by atoms with Gasteiger partial charge in [0, 0.05) is 50.1 Å². The molecule has 33 heteroatoms. The number of nitrogens with one attached hydrogen (secondary N) is 2. The van der Waals surface area contributed by atoms with Crippen LogP contribution in [0, 0.1) is 5.41 Å². The molecule has 0 aliphatic carbocycles. The molecule has 2 aromatic rings. The maximum atomic E-state index is 12.7. The Bertz CT molecular complexity index is 2170. The van der Waals surface area contributed by atoms with E-state index < -0.39 is 114 Å². The van der Waals surface area contributed by atoms with E-state index in [0.717, 1.165) is 29.0 Å². The predicted octanol–water partition coefficient (Wildman–Crippen LogP) is -1.33. The first-order valence-corrected chi connectivity index (χ1v) is 25.9. The number of nitrogens with two attached hydrogens (primary N) is 1. The molecule has 12 N–H and O–H groups in total. The molecule has 2 amide bonds. The molecule has 2 fully saturated rings. The average molecular weight is 1040 g/mol. The van der Waals surface area contributed by atoms with Crippen molar-refractivity contribution in [3.63, 3.8) is 0 Å². The highest BCUT2D eigenvalue weighted by Gasteiger charge is 2.50. The van der Waals surface area contributed by atoms with E-state index in [-0.39, 0.29) is 73.9 Å². The number of aromatic nitrogens is 4. The molecular weight excluding hydrogens is 983 g/mol. The molecule has 29 nitrogen and oxygen atoms in total. The van der Waals surface area contributed by atoms with Crippen LogP contribution >= 0.6 is 35.2 Å². The molecule has 2 saturated heterocycles. The molecule has 4 heterocycles. The molecule has 0 spiro atoms. The number of rotatable bonds is 27. The van der Waals surface area contributed by atoms with E-state index in [9.17, 15) is 72.9 Å². The fourth-order valence-electron chi connectivity index (χ4n) is 6.31. The van der Waals surface area contributed by atoms with Crippen molar-refractivity contribution < 1.29 is 105 Å². The lowest BCUT2D eigenvalue weighted by molar-refractivity contribution is -0.261. The molecule has 0 saturated carbocycles. The fourth-order valence-corrected chi connectivity index (χ4v) is 9.84. The van der Waals surface area contributed by atoms with Gasteiger partial charge in [0.25, 0.3) is 0 Å². The number of anilines is 1. The lowest BCUT2D eigenvalue weighted by Gasteiger charge is -2.35. The monoisotopic (exact) mass is 1040 g/mol. The van der Waals surface area contributed by atoms with Gasteiger partial charge in [-0.05, 0) is 19.8 Å². The highest BCUT2D eigenvalue weighted by Crippen LogP contribution is 2.61. The Balaban J connectivity index is 1.11. The minimum Gasteiger partial charge on any atom is -0.390 e. The van der Waals surface area contributed by atoms with Gasteiger partial charge in [-0.3, -0.25) is 37.3 Å². The number of phosphoric acid groups is 3. The average Bonchev–Trinajstić information content (AvgIpc) is 3.79. The van der Waals surface area contributed by atoms with E-state index in [1.165, 1.54) is 13.8 Å². The predicted molar refractivity (Wildman–Crippen MR) is 227 cm³/mol. The highest BCUT2D eigenvalue weighted by molar-refractivity contribution is 8.13. The van der Waals surface area contributed by atoms with Crippen molar-refractivity contribution in [2.24, 2.45) is 5.41 Å². The molecule has 2 aliphatic heterocycles. The third-order valence-electron chi connectivity index (χ3n) is 9.93. The van der Waals surface area contributed by atoms with Crippen LogP contribution in [0.1, 0.15) is 65.5 Å². The number of Topliss-reactive ketones (excluding diaryl/α,β-unsaturated/α-hetero) is 1. The number of nitrogen functional groups attached to an aromatic ring is 1. The molecule has 380 valence electrons. The number of aliphatic hydroxyl groups is 4. The van der Waals surface area contributed by atoms with Crippen LogP contribution in [-0.2, 0) is 65.0 Å². The molecule has 0 radical (unpaired) electrons. The largest absolute Gasteiger partial charge is 0.481 e. The first-order valence-electron chi connectivity index (χ1n) is 20.4. The second-order valence-corrected chi connectivity index (χ2v) is 21.3. The van der Waals surface area contributed by atoms with Gasteiger partial charge >= 0.3 is 23.5 Å². The van der Waals surface area contributed by atoms with Crippen LogP contribution < -0.4 is 16.4 Å². The number of imidazole rings is 1. The summed E-state index contributed by atoms with van der Waals surface area (Å²) in [5, 5.41) is 45.7. The second kappa shape index (κ2) is 24.8. The first-order chi connectivity index (χ1) is 31.2. The van der Waals surface area contributed by atoms with E-state index in [1.54, 1.807) is 6.92 Å². The van der Waals surface area contributed by atoms with Crippen molar-refractivity contribution in [2.75, 3.05) is 44.4 Å². The number of carbonyl (C=O) groups excluding carboxylic acids is 4. The van der Waals surface area contributed by atoms with Gasteiger partial charge in [0.15, 0.2) is 29.1 Å². The van der Waals surface area contributed by atoms with E-state index in [1.807, 2.05) is 0 Å². The molecule has 0 bridgehead atoms. The quantitative estimate of drug-likeness (QED) is 0.0280. The van der Waals surface area contributed by atoms with Crippen LogP contribution in [0.25, 0.3) is 11.2 Å². The lowest BCUT2D eigenvalue weighted by atomic mass is 9.87. The third-order valence-corrected chi connectivity index (χ3v) is 13.9. The first kappa shape index (κ1) is 56.7. The van der Waals surface area contributed by atoms with Crippen LogP contribution in [0.5, 0.6) is 0 Å². The van der Waals surface area contributed by atoms with Crippen molar-refractivity contribution >= 4 is 74.9 Å². The molecule has 4 rings (SSSR count). The zero-order valence-electron chi connectivity index (χ0n) is 36.2. The summed E-state index contributed by atoms with van der Waals surface area (Å²) < 4.78 is 73.2. The fraction of sp³-hybridized carbons (Fsp3) is 0.735. The normalized spacial score (nSPS) is 25.8. The SMILES string of the molecule is C[C@@H]1O[C@@H](OCCCCC(=O)CC(=O)SCCNC(=O)CCNC(=O)[C@H](O)C(C)(C)COP(=O)(O)OP(=O)(O)OC[C@H]2O[C@@H](n3cnc4c(N)ncnc43)[C@H](O)[C@@H]2OP(=O)(O)O)[C@H](O)C[C@H]1O. The van der Waals surface area contributed by atoms with E-state index >= 15 is 0 Å². The minimum absolute atomic E-state index is 0.0157. The number of nitrogens with zero attached hydrogens (tertiary/aromatic N) is 4. The van der Waals surface area contributed by atoms with Gasteiger partial charge in [0.1, 0.15) is 48.1 Å². The Labute approximate surface area is 386 Å².